The molecular formula is C18H21NO2. The van der Waals surface area contributed by atoms with Crippen LogP contribution in [-0.2, 0) is 11.3 Å². The van der Waals surface area contributed by atoms with Crippen molar-refractivity contribution in [1.29, 1.82) is 0 Å². The summed E-state index contributed by atoms with van der Waals surface area (Å²) in [4.78, 5) is 0. The summed E-state index contributed by atoms with van der Waals surface area (Å²) in [6.45, 7) is 4.22. The van der Waals surface area contributed by atoms with Crippen LogP contribution in [0, 0.1) is 0 Å². The molecule has 2 aromatic rings. The quantitative estimate of drug-likeness (QED) is 0.913. The summed E-state index contributed by atoms with van der Waals surface area (Å²) in [7, 11) is 0. The number of fused-ring (bicyclic) bond motifs is 1. The fourth-order valence-corrected chi connectivity index (χ4v) is 2.72. The van der Waals surface area contributed by atoms with Crippen molar-refractivity contribution >= 4 is 0 Å². The van der Waals surface area contributed by atoms with Crippen LogP contribution in [0.1, 0.15) is 24.1 Å². The van der Waals surface area contributed by atoms with E-state index >= 15 is 0 Å². The van der Waals surface area contributed by atoms with Gasteiger partial charge in [0.25, 0.3) is 0 Å². The standard InChI is InChI=1S/C18H21NO2/c1-2-19-18-15-10-6-7-11-16(15)21-13-17(18)20-12-14-8-4-3-5-9-14/h3-11,17-19H,2,12-13H2,1H3. The molecule has 0 saturated carbocycles. The first-order valence-electron chi connectivity index (χ1n) is 7.49. The maximum absolute atomic E-state index is 6.10. The van der Waals surface area contributed by atoms with Gasteiger partial charge in [-0.2, -0.15) is 0 Å². The van der Waals surface area contributed by atoms with Gasteiger partial charge >= 0.3 is 0 Å². The van der Waals surface area contributed by atoms with Gasteiger partial charge in [0.2, 0.25) is 0 Å². The van der Waals surface area contributed by atoms with Gasteiger partial charge in [0.1, 0.15) is 18.5 Å². The first-order valence-corrected chi connectivity index (χ1v) is 7.49. The highest BCUT2D eigenvalue weighted by Gasteiger charge is 2.30. The van der Waals surface area contributed by atoms with Gasteiger partial charge in [0, 0.05) is 5.56 Å². The largest absolute Gasteiger partial charge is 0.490 e. The summed E-state index contributed by atoms with van der Waals surface area (Å²) in [6.07, 6.45) is 0.0278. The summed E-state index contributed by atoms with van der Waals surface area (Å²) < 4.78 is 11.9. The molecule has 21 heavy (non-hydrogen) atoms. The van der Waals surface area contributed by atoms with Gasteiger partial charge in [0.15, 0.2) is 0 Å². The first-order chi connectivity index (χ1) is 10.4. The Hall–Kier alpha value is -1.84. The molecule has 0 aromatic heterocycles. The van der Waals surface area contributed by atoms with E-state index in [1.807, 2.05) is 36.4 Å². The Balaban J connectivity index is 1.73. The molecule has 1 aliphatic heterocycles. The van der Waals surface area contributed by atoms with Gasteiger partial charge in [-0.05, 0) is 18.2 Å². The first kappa shape index (κ1) is 14.1. The Labute approximate surface area is 125 Å². The zero-order valence-electron chi connectivity index (χ0n) is 12.3. The molecule has 2 aromatic carbocycles. The van der Waals surface area contributed by atoms with E-state index in [1.54, 1.807) is 0 Å². The molecule has 0 aliphatic carbocycles. The molecule has 3 heteroatoms. The summed E-state index contributed by atoms with van der Waals surface area (Å²) in [5.41, 5.74) is 2.37. The van der Waals surface area contributed by atoms with Crippen molar-refractivity contribution in [3.63, 3.8) is 0 Å². The van der Waals surface area contributed by atoms with Crippen molar-refractivity contribution in [2.24, 2.45) is 0 Å². The Morgan fingerprint density at radius 2 is 1.86 bits per heavy atom. The number of rotatable bonds is 5. The summed E-state index contributed by atoms with van der Waals surface area (Å²) in [6, 6.07) is 18.6. The lowest BCUT2D eigenvalue weighted by Crippen LogP contribution is -2.41. The van der Waals surface area contributed by atoms with Crippen LogP contribution in [0.3, 0.4) is 0 Å². The zero-order chi connectivity index (χ0) is 14.5. The average molecular weight is 283 g/mol. The minimum Gasteiger partial charge on any atom is -0.490 e. The van der Waals surface area contributed by atoms with E-state index in [2.05, 4.69) is 30.4 Å². The van der Waals surface area contributed by atoms with Gasteiger partial charge in [-0.1, -0.05) is 55.5 Å². The van der Waals surface area contributed by atoms with Crippen molar-refractivity contribution in [1.82, 2.24) is 5.32 Å². The molecule has 110 valence electrons. The van der Waals surface area contributed by atoms with Crippen LogP contribution in [0.4, 0.5) is 0 Å². The molecule has 0 bridgehead atoms. The molecule has 2 unspecified atom stereocenters. The molecule has 2 atom stereocenters. The SMILES string of the molecule is CCNC1c2ccccc2OCC1OCc1ccccc1. The van der Waals surface area contributed by atoms with E-state index in [0.29, 0.717) is 13.2 Å². The number of hydrogen-bond donors (Lipinski definition) is 1. The number of ether oxygens (including phenoxy) is 2. The third-order valence-corrected chi connectivity index (χ3v) is 3.76. The van der Waals surface area contributed by atoms with Crippen molar-refractivity contribution in [3.8, 4) is 5.75 Å². The second kappa shape index (κ2) is 6.74. The van der Waals surface area contributed by atoms with Gasteiger partial charge in [-0.3, -0.25) is 0 Å². The molecule has 3 nitrogen and oxygen atoms in total. The van der Waals surface area contributed by atoms with E-state index in [1.165, 1.54) is 11.1 Å². The van der Waals surface area contributed by atoms with E-state index in [4.69, 9.17) is 9.47 Å². The Bertz CT molecular complexity index is 570. The van der Waals surface area contributed by atoms with Crippen LogP contribution in [0.25, 0.3) is 0 Å². The van der Waals surface area contributed by atoms with Crippen molar-refractivity contribution in [3.05, 3.63) is 65.7 Å². The monoisotopic (exact) mass is 283 g/mol. The lowest BCUT2D eigenvalue weighted by molar-refractivity contribution is -0.0246. The van der Waals surface area contributed by atoms with Crippen LogP contribution in [-0.4, -0.2) is 19.3 Å². The number of nitrogens with one attached hydrogen (secondary N) is 1. The maximum Gasteiger partial charge on any atom is 0.124 e. The maximum atomic E-state index is 6.10. The molecule has 0 spiro atoms. The van der Waals surface area contributed by atoms with Crippen LogP contribution in [0.5, 0.6) is 5.75 Å². The smallest absolute Gasteiger partial charge is 0.124 e. The van der Waals surface area contributed by atoms with Crippen molar-refractivity contribution in [2.45, 2.75) is 25.7 Å². The molecule has 0 amide bonds. The second-order valence-electron chi connectivity index (χ2n) is 5.22. The summed E-state index contributed by atoms with van der Waals surface area (Å²) >= 11 is 0. The minimum absolute atomic E-state index is 0.0278. The fourth-order valence-electron chi connectivity index (χ4n) is 2.72. The van der Waals surface area contributed by atoms with E-state index in [-0.39, 0.29) is 12.1 Å². The van der Waals surface area contributed by atoms with Crippen LogP contribution < -0.4 is 10.1 Å². The van der Waals surface area contributed by atoms with E-state index in [0.717, 1.165) is 12.3 Å². The van der Waals surface area contributed by atoms with Crippen LogP contribution in [0.2, 0.25) is 0 Å². The molecule has 1 heterocycles. The number of likely N-dealkylation sites (N-methyl/N-ethyl adjacent to an activating group) is 1. The van der Waals surface area contributed by atoms with Gasteiger partial charge in [-0.25, -0.2) is 0 Å². The number of hydrogen-bond acceptors (Lipinski definition) is 3. The second-order valence-corrected chi connectivity index (χ2v) is 5.22. The number of benzene rings is 2. The highest BCUT2D eigenvalue weighted by molar-refractivity contribution is 5.38. The topological polar surface area (TPSA) is 30.5 Å². The van der Waals surface area contributed by atoms with Gasteiger partial charge < -0.3 is 14.8 Å². The van der Waals surface area contributed by atoms with E-state index < -0.39 is 0 Å². The molecule has 0 saturated heterocycles. The zero-order valence-corrected chi connectivity index (χ0v) is 12.3. The Kier molecular flexibility index (Phi) is 4.53. The number of para-hydroxylation sites is 1. The Morgan fingerprint density at radius 3 is 2.67 bits per heavy atom. The highest BCUT2D eigenvalue weighted by Crippen LogP contribution is 2.33. The predicted molar refractivity (Wildman–Crippen MR) is 83.4 cm³/mol. The molecule has 1 N–H and O–H groups in total. The molecular weight excluding hydrogens is 262 g/mol. The average Bonchev–Trinajstić information content (AvgIpc) is 2.55. The molecule has 1 aliphatic rings. The lowest BCUT2D eigenvalue weighted by Gasteiger charge is -2.34. The summed E-state index contributed by atoms with van der Waals surface area (Å²) in [5, 5.41) is 3.52. The van der Waals surface area contributed by atoms with Crippen LogP contribution in [0.15, 0.2) is 54.6 Å². The normalized spacial score (nSPS) is 20.6. The van der Waals surface area contributed by atoms with Crippen molar-refractivity contribution in [2.75, 3.05) is 13.2 Å². The minimum atomic E-state index is 0.0278. The van der Waals surface area contributed by atoms with Crippen LogP contribution >= 0.6 is 0 Å². The molecule has 0 radical (unpaired) electrons. The van der Waals surface area contributed by atoms with Gasteiger partial charge in [-0.15, -0.1) is 0 Å². The van der Waals surface area contributed by atoms with Gasteiger partial charge in [0.05, 0.1) is 12.6 Å². The van der Waals surface area contributed by atoms with Crippen molar-refractivity contribution < 1.29 is 9.47 Å². The lowest BCUT2D eigenvalue weighted by atomic mass is 9.98. The third-order valence-electron chi connectivity index (χ3n) is 3.76. The van der Waals surface area contributed by atoms with E-state index in [9.17, 15) is 0 Å². The summed E-state index contributed by atoms with van der Waals surface area (Å²) in [5.74, 6) is 0.961. The predicted octanol–water partition coefficient (Wildman–Crippen LogP) is 3.32. The Morgan fingerprint density at radius 1 is 1.10 bits per heavy atom. The molecule has 3 rings (SSSR count). The fraction of sp³-hybridized carbons (Fsp3) is 0.333. The molecule has 0 fully saturated rings. The highest BCUT2D eigenvalue weighted by atomic mass is 16.5. The third kappa shape index (κ3) is 3.26.